The van der Waals surface area contributed by atoms with Crippen molar-refractivity contribution in [2.45, 2.75) is 12.2 Å². The molecule has 9 N–H and O–H groups in total. The first-order valence-electron chi connectivity index (χ1n) is 7.22. The minimum Gasteiger partial charge on any atom is -0.504 e. The highest BCUT2D eigenvalue weighted by molar-refractivity contribution is 5.60. The molecular weight excluding hydrogens is 314 g/mol. The van der Waals surface area contributed by atoms with Gasteiger partial charge in [0.2, 0.25) is 0 Å². The predicted molar refractivity (Wildman–Crippen MR) is 90.8 cm³/mol. The molecule has 2 atom stereocenters. The maximum absolute atomic E-state index is 10.1. The zero-order chi connectivity index (χ0) is 17.7. The van der Waals surface area contributed by atoms with Gasteiger partial charge < -0.3 is 42.0 Å². The molecule has 2 aromatic rings. The van der Waals surface area contributed by atoms with Crippen LogP contribution in [-0.4, -0.2) is 40.7 Å². The Bertz CT molecular complexity index is 695. The summed E-state index contributed by atoms with van der Waals surface area (Å²) in [4.78, 5) is 0. The molecule has 130 valence electrons. The van der Waals surface area contributed by atoms with Crippen LogP contribution in [0.3, 0.4) is 0 Å². The van der Waals surface area contributed by atoms with Crippen LogP contribution >= 0.6 is 0 Å². The number of ether oxygens (including phenoxy) is 2. The van der Waals surface area contributed by atoms with E-state index in [0.29, 0.717) is 11.4 Å². The number of aromatic hydroxyl groups is 1. The molecule has 24 heavy (non-hydrogen) atoms. The number of aliphatic hydroxyl groups is 2. The number of anilines is 3. The number of hydrogen-bond donors (Lipinski definition) is 6. The summed E-state index contributed by atoms with van der Waals surface area (Å²) in [6.45, 7) is -0.667. The Hall–Kier alpha value is -2.84. The largest absolute Gasteiger partial charge is 0.504 e. The van der Waals surface area contributed by atoms with Crippen LogP contribution in [-0.2, 0) is 0 Å². The first-order chi connectivity index (χ1) is 11.4. The van der Waals surface area contributed by atoms with Gasteiger partial charge in [-0.2, -0.15) is 0 Å². The molecule has 0 aliphatic rings. The summed E-state index contributed by atoms with van der Waals surface area (Å²) in [5, 5.41) is 29.3. The lowest BCUT2D eigenvalue weighted by Gasteiger charge is -2.23. The normalized spacial score (nSPS) is 13.2. The highest BCUT2D eigenvalue weighted by Gasteiger charge is 2.22. The Balaban J connectivity index is 1.99. The second-order valence-electron chi connectivity index (χ2n) is 5.24. The van der Waals surface area contributed by atoms with Crippen LogP contribution in [0.1, 0.15) is 0 Å². The number of aliphatic hydroxyl groups excluding tert-OH is 2. The van der Waals surface area contributed by atoms with Crippen molar-refractivity contribution in [2.24, 2.45) is 0 Å². The molecular formula is C16H21N3O5. The van der Waals surface area contributed by atoms with Crippen LogP contribution in [0.4, 0.5) is 17.1 Å². The van der Waals surface area contributed by atoms with E-state index in [1.54, 1.807) is 18.2 Å². The third-order valence-electron chi connectivity index (χ3n) is 3.31. The fraction of sp³-hybridized carbons (Fsp3) is 0.250. The van der Waals surface area contributed by atoms with Gasteiger partial charge in [0.05, 0.1) is 12.3 Å². The minimum absolute atomic E-state index is 0.147. The van der Waals surface area contributed by atoms with Crippen molar-refractivity contribution in [2.75, 3.05) is 30.4 Å². The Labute approximate surface area is 139 Å². The maximum Gasteiger partial charge on any atom is 0.161 e. The van der Waals surface area contributed by atoms with Crippen molar-refractivity contribution in [3.8, 4) is 17.2 Å². The Morgan fingerprint density at radius 3 is 2.17 bits per heavy atom. The molecule has 0 heterocycles. The first kappa shape index (κ1) is 17.5. The first-order valence-corrected chi connectivity index (χ1v) is 7.22. The average molecular weight is 335 g/mol. The van der Waals surface area contributed by atoms with Crippen LogP contribution in [0.25, 0.3) is 0 Å². The molecule has 0 fully saturated rings. The van der Waals surface area contributed by atoms with E-state index in [1.165, 1.54) is 18.2 Å². The average Bonchev–Trinajstić information content (AvgIpc) is 2.53. The zero-order valence-electron chi connectivity index (χ0n) is 12.9. The van der Waals surface area contributed by atoms with Gasteiger partial charge in [0.25, 0.3) is 0 Å². The van der Waals surface area contributed by atoms with E-state index in [1.807, 2.05) is 0 Å². The topological polar surface area (TPSA) is 157 Å². The summed E-state index contributed by atoms with van der Waals surface area (Å²) >= 11 is 0. The molecule has 0 spiro atoms. The molecule has 2 unspecified atom stereocenters. The summed E-state index contributed by atoms with van der Waals surface area (Å²) < 4.78 is 10.8. The molecule has 0 saturated heterocycles. The smallest absolute Gasteiger partial charge is 0.161 e. The highest BCUT2D eigenvalue weighted by Crippen LogP contribution is 2.28. The van der Waals surface area contributed by atoms with Gasteiger partial charge in [-0.3, -0.25) is 0 Å². The number of phenolic OH excluding ortho intramolecular Hbond substituents is 1. The van der Waals surface area contributed by atoms with E-state index in [9.17, 15) is 15.3 Å². The second-order valence-corrected chi connectivity index (χ2v) is 5.24. The van der Waals surface area contributed by atoms with Crippen LogP contribution in [0.2, 0.25) is 0 Å². The molecule has 8 nitrogen and oxygen atoms in total. The molecule has 0 aliphatic carbocycles. The van der Waals surface area contributed by atoms with E-state index in [2.05, 4.69) is 0 Å². The molecule has 0 aromatic heterocycles. The fourth-order valence-corrected chi connectivity index (χ4v) is 2.01. The highest BCUT2D eigenvalue weighted by atomic mass is 16.5. The van der Waals surface area contributed by atoms with Crippen LogP contribution in [0.5, 0.6) is 17.2 Å². The molecule has 0 bridgehead atoms. The minimum atomic E-state index is -1.16. The van der Waals surface area contributed by atoms with Crippen LogP contribution in [0.15, 0.2) is 36.4 Å². The molecule has 0 amide bonds. The lowest BCUT2D eigenvalue weighted by atomic mass is 10.2. The summed E-state index contributed by atoms with van der Waals surface area (Å²) in [5.41, 5.74) is 18.1. The van der Waals surface area contributed by atoms with E-state index in [-0.39, 0.29) is 29.5 Å². The lowest BCUT2D eigenvalue weighted by Crippen LogP contribution is -2.39. The Kier molecular flexibility index (Phi) is 5.56. The molecule has 2 aromatic carbocycles. The molecule has 8 heteroatoms. The second kappa shape index (κ2) is 7.62. The summed E-state index contributed by atoms with van der Waals surface area (Å²) in [5.74, 6) is 0.302. The van der Waals surface area contributed by atoms with Gasteiger partial charge in [-0.25, -0.2) is 0 Å². The van der Waals surface area contributed by atoms with E-state index in [0.717, 1.165) is 0 Å². The number of rotatable bonds is 7. The van der Waals surface area contributed by atoms with Gasteiger partial charge in [-0.15, -0.1) is 0 Å². The van der Waals surface area contributed by atoms with Crippen molar-refractivity contribution in [1.82, 2.24) is 0 Å². The van der Waals surface area contributed by atoms with Gasteiger partial charge >= 0.3 is 0 Å². The molecule has 0 saturated carbocycles. The van der Waals surface area contributed by atoms with E-state index < -0.39 is 18.8 Å². The third-order valence-corrected chi connectivity index (χ3v) is 3.31. The van der Waals surface area contributed by atoms with Gasteiger partial charge in [-0.1, -0.05) is 0 Å². The summed E-state index contributed by atoms with van der Waals surface area (Å²) in [6.07, 6.45) is -2.13. The maximum atomic E-state index is 10.1. The van der Waals surface area contributed by atoms with Crippen molar-refractivity contribution in [3.63, 3.8) is 0 Å². The fourth-order valence-electron chi connectivity index (χ4n) is 2.01. The lowest BCUT2D eigenvalue weighted by molar-refractivity contribution is -0.0201. The molecule has 0 radical (unpaired) electrons. The van der Waals surface area contributed by atoms with Gasteiger partial charge in [0.15, 0.2) is 17.6 Å². The van der Waals surface area contributed by atoms with Crippen molar-refractivity contribution >= 4 is 17.1 Å². The number of nitrogen functional groups attached to an aromatic ring is 3. The number of benzene rings is 2. The van der Waals surface area contributed by atoms with E-state index in [4.69, 9.17) is 26.7 Å². The van der Waals surface area contributed by atoms with Crippen LogP contribution in [0, 0.1) is 0 Å². The van der Waals surface area contributed by atoms with Crippen LogP contribution < -0.4 is 26.7 Å². The molecule has 2 rings (SSSR count). The number of nitrogens with two attached hydrogens (primary N) is 3. The number of phenols is 1. The van der Waals surface area contributed by atoms with Gasteiger partial charge in [-0.05, 0) is 30.3 Å². The van der Waals surface area contributed by atoms with Crippen molar-refractivity contribution in [1.29, 1.82) is 0 Å². The van der Waals surface area contributed by atoms with E-state index >= 15 is 0 Å². The van der Waals surface area contributed by atoms with Crippen molar-refractivity contribution in [3.05, 3.63) is 36.4 Å². The summed E-state index contributed by atoms with van der Waals surface area (Å²) in [7, 11) is 0. The number of hydrogen-bond acceptors (Lipinski definition) is 8. The van der Waals surface area contributed by atoms with Gasteiger partial charge in [0, 0.05) is 17.4 Å². The Morgan fingerprint density at radius 1 is 0.958 bits per heavy atom. The quantitative estimate of drug-likeness (QED) is 0.395. The van der Waals surface area contributed by atoms with Gasteiger partial charge in [0.1, 0.15) is 18.5 Å². The van der Waals surface area contributed by atoms with Crippen molar-refractivity contribution < 1.29 is 24.8 Å². The summed E-state index contributed by atoms with van der Waals surface area (Å²) in [6, 6.07) is 9.01. The SMILES string of the molecule is Nc1ccc(OC(CO)C(O)COc2ccc(N)cc2O)c(N)c1. The standard InChI is InChI=1S/C16H21N3O5/c17-9-1-3-14(11(19)5-9)24-16(7-20)13(22)8-23-15-4-2-10(18)6-12(15)21/h1-6,13,16,20-22H,7-8,17-19H2. The Morgan fingerprint density at radius 2 is 1.58 bits per heavy atom. The molecule has 0 aliphatic heterocycles. The zero-order valence-corrected chi connectivity index (χ0v) is 12.9. The third kappa shape index (κ3) is 4.34. The predicted octanol–water partition coefficient (Wildman–Crippen LogP) is 0.318. The monoisotopic (exact) mass is 335 g/mol.